The van der Waals surface area contributed by atoms with E-state index in [1.165, 1.54) is 42.9 Å². The fraction of sp³-hybridized carbons (Fsp3) is 0.600. The smallest absolute Gasteiger partial charge is 0.126 e. The summed E-state index contributed by atoms with van der Waals surface area (Å²) in [5.74, 6) is 1.92. The molecule has 0 atom stereocenters. The van der Waals surface area contributed by atoms with Gasteiger partial charge in [0.05, 0.1) is 0 Å². The molecule has 31 heavy (non-hydrogen) atoms. The van der Waals surface area contributed by atoms with Crippen LogP contribution in [0.25, 0.3) is 0 Å². The van der Waals surface area contributed by atoms with Crippen LogP contribution in [0.4, 0.5) is 4.39 Å². The second kappa shape index (κ2) is 23.0. The molecule has 1 aliphatic carbocycles. The molecule has 1 fully saturated rings. The fourth-order valence-electron chi connectivity index (χ4n) is 2.76. The van der Waals surface area contributed by atoms with Gasteiger partial charge in [-0.3, -0.25) is 0 Å². The van der Waals surface area contributed by atoms with Crippen LogP contribution in [0.2, 0.25) is 0 Å². The van der Waals surface area contributed by atoms with Crippen molar-refractivity contribution in [3.63, 3.8) is 0 Å². The molecule has 2 aromatic carbocycles. The SMILES string of the molecule is CC.CC.CC.CC1CCC(C)CC1.Cc1ccc(C)c(F)c1.Cc1ccc(C)cc1. The molecule has 0 heterocycles. The first-order chi connectivity index (χ1) is 14.8. The molecule has 0 aromatic heterocycles. The standard InChI is InChI=1S/C8H9F.C8H16.C8H10.3C2H6/c1-6-3-4-7(2)8(9)5-6;2*1-7-3-5-8(2)6-4-7;3*1-2/h3-5H,1-2H3;7-8H,3-6H2,1-2H3;3-6H,1-2H3;3*1-2H3. The van der Waals surface area contributed by atoms with E-state index in [4.69, 9.17) is 0 Å². The van der Waals surface area contributed by atoms with E-state index in [0.29, 0.717) is 5.56 Å². The van der Waals surface area contributed by atoms with Crippen LogP contribution in [0.5, 0.6) is 0 Å². The third-order valence-electron chi connectivity index (χ3n) is 4.85. The first-order valence-corrected chi connectivity index (χ1v) is 12.5. The normalized spacial score (nSPS) is 16.0. The van der Waals surface area contributed by atoms with Crippen LogP contribution in [0.15, 0.2) is 42.5 Å². The van der Waals surface area contributed by atoms with Gasteiger partial charge in [0.1, 0.15) is 5.82 Å². The Morgan fingerprint density at radius 3 is 1.10 bits per heavy atom. The Hall–Kier alpha value is -1.63. The summed E-state index contributed by atoms with van der Waals surface area (Å²) in [6.45, 7) is 24.6. The van der Waals surface area contributed by atoms with E-state index < -0.39 is 0 Å². The van der Waals surface area contributed by atoms with Gasteiger partial charge in [-0.2, -0.15) is 0 Å². The van der Waals surface area contributed by atoms with Crippen LogP contribution in [0, 0.1) is 45.3 Å². The molecule has 0 spiro atoms. The molecule has 1 heteroatoms. The Morgan fingerprint density at radius 2 is 0.839 bits per heavy atom. The van der Waals surface area contributed by atoms with Crippen molar-refractivity contribution in [3.8, 4) is 0 Å². The van der Waals surface area contributed by atoms with E-state index in [1.807, 2.05) is 54.5 Å². The van der Waals surface area contributed by atoms with Crippen molar-refractivity contribution in [1.29, 1.82) is 0 Å². The Morgan fingerprint density at radius 1 is 0.548 bits per heavy atom. The average Bonchev–Trinajstić information content (AvgIpc) is 2.80. The zero-order chi connectivity index (χ0) is 24.8. The summed E-state index contributed by atoms with van der Waals surface area (Å²) in [5, 5.41) is 0. The van der Waals surface area contributed by atoms with E-state index in [2.05, 4.69) is 52.0 Å². The zero-order valence-electron chi connectivity index (χ0n) is 22.9. The maximum atomic E-state index is 12.6. The molecule has 0 saturated heterocycles. The molecule has 0 nitrogen and oxygen atoms in total. The summed E-state index contributed by atoms with van der Waals surface area (Å²) in [4.78, 5) is 0. The van der Waals surface area contributed by atoms with Gasteiger partial charge in [0, 0.05) is 0 Å². The third kappa shape index (κ3) is 20.0. The lowest BCUT2D eigenvalue weighted by Gasteiger charge is -2.22. The van der Waals surface area contributed by atoms with Crippen LogP contribution in [0.3, 0.4) is 0 Å². The van der Waals surface area contributed by atoms with Gasteiger partial charge >= 0.3 is 0 Å². The summed E-state index contributed by atoms with van der Waals surface area (Å²) in [7, 11) is 0. The molecule has 0 unspecified atom stereocenters. The molecule has 3 rings (SSSR count). The maximum absolute atomic E-state index is 12.6. The third-order valence-corrected chi connectivity index (χ3v) is 4.85. The van der Waals surface area contributed by atoms with Gasteiger partial charge in [-0.15, -0.1) is 0 Å². The summed E-state index contributed by atoms with van der Waals surface area (Å²) in [6.07, 6.45) is 5.89. The fourth-order valence-corrected chi connectivity index (χ4v) is 2.76. The summed E-state index contributed by atoms with van der Waals surface area (Å²) in [6, 6.07) is 13.7. The van der Waals surface area contributed by atoms with Gasteiger partial charge < -0.3 is 0 Å². The molecule has 0 aliphatic heterocycles. The van der Waals surface area contributed by atoms with Gasteiger partial charge in [-0.25, -0.2) is 4.39 Å². The Balaban J connectivity index is -0.000000338. The van der Waals surface area contributed by atoms with Crippen LogP contribution in [0.1, 0.15) is 103 Å². The van der Waals surface area contributed by atoms with E-state index in [-0.39, 0.29) is 5.82 Å². The number of aryl methyl sites for hydroxylation is 4. The van der Waals surface area contributed by atoms with E-state index in [1.54, 1.807) is 13.0 Å². The highest BCUT2D eigenvalue weighted by Crippen LogP contribution is 2.27. The minimum atomic E-state index is -0.116. The highest BCUT2D eigenvalue weighted by atomic mass is 19.1. The van der Waals surface area contributed by atoms with Crippen molar-refractivity contribution >= 4 is 0 Å². The first kappa shape index (κ1) is 34.0. The second-order valence-electron chi connectivity index (χ2n) is 7.77. The molecule has 2 aromatic rings. The lowest BCUT2D eigenvalue weighted by Crippen LogP contribution is -2.08. The summed E-state index contributed by atoms with van der Waals surface area (Å²) >= 11 is 0. The molecule has 0 radical (unpaired) electrons. The zero-order valence-corrected chi connectivity index (χ0v) is 22.9. The van der Waals surface area contributed by atoms with Crippen molar-refractivity contribution in [1.82, 2.24) is 0 Å². The minimum absolute atomic E-state index is 0.116. The largest absolute Gasteiger partial charge is 0.207 e. The lowest BCUT2D eigenvalue weighted by atomic mass is 9.84. The van der Waals surface area contributed by atoms with Crippen molar-refractivity contribution in [2.75, 3.05) is 0 Å². The van der Waals surface area contributed by atoms with Crippen molar-refractivity contribution in [2.24, 2.45) is 11.8 Å². The van der Waals surface area contributed by atoms with Crippen molar-refractivity contribution in [3.05, 3.63) is 70.5 Å². The van der Waals surface area contributed by atoms with Gasteiger partial charge in [-0.05, 0) is 56.7 Å². The maximum Gasteiger partial charge on any atom is 0.126 e. The first-order valence-electron chi connectivity index (χ1n) is 12.5. The van der Waals surface area contributed by atoms with Gasteiger partial charge in [0.25, 0.3) is 0 Å². The molecule has 1 aliphatic rings. The van der Waals surface area contributed by atoms with Gasteiger partial charge in [-0.1, -0.05) is 129 Å². The Bertz CT molecular complexity index is 574. The molecule has 0 bridgehead atoms. The van der Waals surface area contributed by atoms with E-state index >= 15 is 0 Å². The van der Waals surface area contributed by atoms with Gasteiger partial charge in [0.15, 0.2) is 0 Å². The van der Waals surface area contributed by atoms with Gasteiger partial charge in [0.2, 0.25) is 0 Å². The monoisotopic (exact) mass is 432 g/mol. The van der Waals surface area contributed by atoms with E-state index in [9.17, 15) is 4.39 Å². The number of hydrogen-bond donors (Lipinski definition) is 0. The summed E-state index contributed by atoms with van der Waals surface area (Å²) < 4.78 is 12.6. The van der Waals surface area contributed by atoms with Crippen LogP contribution < -0.4 is 0 Å². The molecule has 1 saturated carbocycles. The summed E-state index contributed by atoms with van der Waals surface area (Å²) in [5.41, 5.74) is 4.34. The second-order valence-corrected chi connectivity index (χ2v) is 7.77. The average molecular weight is 433 g/mol. The topological polar surface area (TPSA) is 0 Å². The predicted molar refractivity (Wildman–Crippen MR) is 143 cm³/mol. The molecule has 0 amide bonds. The minimum Gasteiger partial charge on any atom is -0.207 e. The quantitative estimate of drug-likeness (QED) is 0.388. The number of benzene rings is 2. The van der Waals surface area contributed by atoms with Crippen molar-refractivity contribution < 1.29 is 4.39 Å². The number of halogens is 1. The Labute approximate surface area is 195 Å². The molecule has 180 valence electrons. The number of hydrogen-bond acceptors (Lipinski definition) is 0. The highest BCUT2D eigenvalue weighted by molar-refractivity contribution is 5.21. The molecular formula is C30H53F. The van der Waals surface area contributed by atoms with Crippen LogP contribution in [-0.4, -0.2) is 0 Å². The molecular weight excluding hydrogens is 379 g/mol. The van der Waals surface area contributed by atoms with E-state index in [0.717, 1.165) is 17.4 Å². The highest BCUT2D eigenvalue weighted by Gasteiger charge is 2.13. The predicted octanol–water partition coefficient (Wildman–Crippen LogP) is 10.7. The lowest BCUT2D eigenvalue weighted by molar-refractivity contribution is 0.308. The Kier molecular flexibility index (Phi) is 25.3. The number of rotatable bonds is 0. The van der Waals surface area contributed by atoms with Crippen molar-refractivity contribution in [2.45, 2.75) is 109 Å². The van der Waals surface area contributed by atoms with Crippen LogP contribution >= 0.6 is 0 Å². The van der Waals surface area contributed by atoms with Crippen LogP contribution in [-0.2, 0) is 0 Å². The molecule has 0 N–H and O–H groups in total.